The molecule has 2 aromatic rings. The third kappa shape index (κ3) is 2.27. The van der Waals surface area contributed by atoms with Crippen molar-refractivity contribution in [1.29, 1.82) is 0 Å². The van der Waals surface area contributed by atoms with Gasteiger partial charge in [-0.2, -0.15) is 4.98 Å². The van der Waals surface area contributed by atoms with Crippen molar-refractivity contribution in [2.24, 2.45) is 14.1 Å². The molecule has 0 spiro atoms. The molecule has 7 heteroatoms. The van der Waals surface area contributed by atoms with Crippen LogP contribution in [0.2, 0.25) is 0 Å². The number of aryl methyl sites for hydroxylation is 1. The monoisotopic (exact) mass is 265 g/mol. The number of aromatic amines is 1. The maximum Gasteiger partial charge on any atom is 0.332 e. The Balaban J connectivity index is 2.52. The van der Waals surface area contributed by atoms with Gasteiger partial charge in [0, 0.05) is 20.1 Å². The van der Waals surface area contributed by atoms with E-state index in [1.165, 1.54) is 11.6 Å². The minimum absolute atomic E-state index is 0.256. The Morgan fingerprint density at radius 3 is 2.63 bits per heavy atom. The maximum atomic E-state index is 12.0. The molecule has 19 heavy (non-hydrogen) atoms. The number of rotatable bonds is 4. The lowest BCUT2D eigenvalue weighted by molar-refractivity contribution is 0.685. The normalized spacial score (nSPS) is 12.8. The fourth-order valence-electron chi connectivity index (χ4n) is 2.13. The molecule has 0 aliphatic rings. The first-order chi connectivity index (χ1) is 8.95. The lowest BCUT2D eigenvalue weighted by atomic mass is 10.2. The van der Waals surface area contributed by atoms with Crippen LogP contribution < -0.4 is 16.6 Å². The summed E-state index contributed by atoms with van der Waals surface area (Å²) in [7, 11) is 3.06. The number of aromatic nitrogens is 4. The molecule has 2 rings (SSSR count). The number of nitrogens with zero attached hydrogens (tertiary/aromatic N) is 3. The maximum absolute atomic E-state index is 12.0. The second kappa shape index (κ2) is 4.91. The van der Waals surface area contributed by atoms with E-state index >= 15 is 0 Å². The number of H-pyrrole nitrogens is 1. The Labute approximate surface area is 110 Å². The molecule has 1 atom stereocenters. The lowest BCUT2D eigenvalue weighted by Crippen LogP contribution is -2.36. The van der Waals surface area contributed by atoms with Crippen LogP contribution in [0, 0.1) is 0 Å². The van der Waals surface area contributed by atoms with Gasteiger partial charge in [-0.3, -0.25) is 13.9 Å². The molecule has 0 aliphatic carbocycles. The third-order valence-electron chi connectivity index (χ3n) is 3.20. The van der Waals surface area contributed by atoms with Gasteiger partial charge in [0.25, 0.3) is 5.56 Å². The van der Waals surface area contributed by atoms with Gasteiger partial charge in [0.15, 0.2) is 11.2 Å². The van der Waals surface area contributed by atoms with Crippen molar-refractivity contribution in [3.8, 4) is 0 Å². The molecule has 2 heterocycles. The van der Waals surface area contributed by atoms with E-state index in [0.717, 1.165) is 17.4 Å². The number of hydrogen-bond acceptors (Lipinski definition) is 4. The van der Waals surface area contributed by atoms with Crippen LogP contribution in [-0.2, 0) is 14.1 Å². The van der Waals surface area contributed by atoms with Gasteiger partial charge in [0.1, 0.15) is 0 Å². The number of fused-ring (bicyclic) bond motifs is 1. The molecule has 0 amide bonds. The first-order valence-electron chi connectivity index (χ1n) is 6.38. The number of anilines is 1. The Morgan fingerprint density at radius 2 is 2.00 bits per heavy atom. The molecule has 0 radical (unpaired) electrons. The van der Waals surface area contributed by atoms with Gasteiger partial charge < -0.3 is 10.3 Å². The third-order valence-corrected chi connectivity index (χ3v) is 3.20. The number of hydrogen-bond donors (Lipinski definition) is 2. The molecule has 0 aromatic carbocycles. The van der Waals surface area contributed by atoms with E-state index in [-0.39, 0.29) is 17.3 Å². The van der Waals surface area contributed by atoms with Crippen LogP contribution in [0.4, 0.5) is 5.95 Å². The Kier molecular flexibility index (Phi) is 3.46. The summed E-state index contributed by atoms with van der Waals surface area (Å²) < 4.78 is 2.43. The van der Waals surface area contributed by atoms with Gasteiger partial charge in [0.2, 0.25) is 5.95 Å². The van der Waals surface area contributed by atoms with Crippen LogP contribution in [0.15, 0.2) is 9.59 Å². The first kappa shape index (κ1) is 13.4. The highest BCUT2D eigenvalue weighted by Crippen LogP contribution is 2.10. The number of nitrogens with one attached hydrogen (secondary N) is 2. The smallest absolute Gasteiger partial charge is 0.332 e. The molecule has 0 aliphatic heterocycles. The Morgan fingerprint density at radius 1 is 1.32 bits per heavy atom. The fraction of sp³-hybridized carbons (Fsp3) is 0.583. The molecular formula is C12H19N5O2. The fourth-order valence-corrected chi connectivity index (χ4v) is 2.13. The van der Waals surface area contributed by atoms with Crippen LogP contribution in [0.3, 0.4) is 0 Å². The van der Waals surface area contributed by atoms with Gasteiger partial charge in [-0.1, -0.05) is 13.3 Å². The second-order valence-corrected chi connectivity index (χ2v) is 4.82. The van der Waals surface area contributed by atoms with Crippen molar-refractivity contribution in [2.75, 3.05) is 5.32 Å². The minimum Gasteiger partial charge on any atom is -0.353 e. The molecular weight excluding hydrogens is 246 g/mol. The molecule has 0 fully saturated rings. The van der Waals surface area contributed by atoms with Crippen molar-refractivity contribution >= 4 is 17.1 Å². The van der Waals surface area contributed by atoms with E-state index in [9.17, 15) is 9.59 Å². The zero-order valence-electron chi connectivity index (χ0n) is 11.6. The average Bonchev–Trinajstić information content (AvgIpc) is 2.78. The van der Waals surface area contributed by atoms with Crippen LogP contribution in [0.1, 0.15) is 26.7 Å². The second-order valence-electron chi connectivity index (χ2n) is 4.82. The highest BCUT2D eigenvalue weighted by molar-refractivity contribution is 5.72. The van der Waals surface area contributed by atoms with Crippen LogP contribution in [0.5, 0.6) is 0 Å². The molecule has 2 aromatic heterocycles. The van der Waals surface area contributed by atoms with Gasteiger partial charge in [-0.15, -0.1) is 0 Å². The van der Waals surface area contributed by atoms with E-state index in [1.807, 2.05) is 6.92 Å². The van der Waals surface area contributed by atoms with Crippen LogP contribution >= 0.6 is 0 Å². The first-order valence-corrected chi connectivity index (χ1v) is 6.38. The molecule has 0 bridgehead atoms. The summed E-state index contributed by atoms with van der Waals surface area (Å²) in [6.45, 7) is 4.16. The topological polar surface area (TPSA) is 84.7 Å². The van der Waals surface area contributed by atoms with Gasteiger partial charge in [0.05, 0.1) is 0 Å². The van der Waals surface area contributed by atoms with Gasteiger partial charge >= 0.3 is 5.69 Å². The Bertz CT molecular complexity index is 709. The molecule has 1 unspecified atom stereocenters. The predicted molar refractivity (Wildman–Crippen MR) is 74.6 cm³/mol. The van der Waals surface area contributed by atoms with Gasteiger partial charge in [-0.05, 0) is 13.3 Å². The van der Waals surface area contributed by atoms with Crippen molar-refractivity contribution in [2.45, 2.75) is 32.7 Å². The van der Waals surface area contributed by atoms with Gasteiger partial charge in [-0.25, -0.2) is 4.79 Å². The predicted octanol–water partition coefficient (Wildman–Crippen LogP) is 0.561. The van der Waals surface area contributed by atoms with Crippen LogP contribution in [0.25, 0.3) is 11.2 Å². The largest absolute Gasteiger partial charge is 0.353 e. The SMILES string of the molecule is CCCC(C)Nc1nc2c([nH]1)c(=O)n(C)c(=O)n2C. The van der Waals surface area contributed by atoms with E-state index in [4.69, 9.17) is 0 Å². The minimum atomic E-state index is -0.378. The highest BCUT2D eigenvalue weighted by atomic mass is 16.2. The van der Waals surface area contributed by atoms with E-state index in [0.29, 0.717) is 17.1 Å². The summed E-state index contributed by atoms with van der Waals surface area (Å²) in [5, 5.41) is 3.20. The Hall–Kier alpha value is -2.05. The van der Waals surface area contributed by atoms with Crippen molar-refractivity contribution in [3.05, 3.63) is 20.8 Å². The molecule has 2 N–H and O–H groups in total. The summed E-state index contributed by atoms with van der Waals surface area (Å²) in [5.41, 5.74) is -0.0194. The van der Waals surface area contributed by atoms with E-state index < -0.39 is 0 Å². The van der Waals surface area contributed by atoms with Crippen molar-refractivity contribution in [3.63, 3.8) is 0 Å². The molecule has 0 saturated carbocycles. The van der Waals surface area contributed by atoms with Crippen LogP contribution in [-0.4, -0.2) is 25.1 Å². The summed E-state index contributed by atoms with van der Waals surface area (Å²) in [6, 6.07) is 0.256. The van der Waals surface area contributed by atoms with E-state index in [2.05, 4.69) is 22.2 Å². The highest BCUT2D eigenvalue weighted by Gasteiger charge is 2.14. The zero-order valence-corrected chi connectivity index (χ0v) is 11.6. The van der Waals surface area contributed by atoms with Crippen molar-refractivity contribution in [1.82, 2.24) is 19.1 Å². The summed E-state index contributed by atoms with van der Waals surface area (Å²) in [4.78, 5) is 31.0. The van der Waals surface area contributed by atoms with Crippen molar-refractivity contribution < 1.29 is 0 Å². The quantitative estimate of drug-likeness (QED) is 0.846. The molecule has 104 valence electrons. The average molecular weight is 265 g/mol. The summed E-state index contributed by atoms with van der Waals surface area (Å²) >= 11 is 0. The molecule has 0 saturated heterocycles. The summed E-state index contributed by atoms with van der Waals surface area (Å²) in [5.74, 6) is 0.522. The number of imidazole rings is 1. The van der Waals surface area contributed by atoms with E-state index in [1.54, 1.807) is 7.05 Å². The lowest BCUT2D eigenvalue weighted by Gasteiger charge is -2.10. The standard InChI is InChI=1S/C12H19N5O2/c1-5-6-7(2)13-11-14-8-9(15-11)16(3)12(19)17(4)10(8)18/h7H,5-6H2,1-4H3,(H2,13,14,15). The molecule has 7 nitrogen and oxygen atoms in total. The zero-order chi connectivity index (χ0) is 14.2. The summed E-state index contributed by atoms with van der Waals surface area (Å²) in [6.07, 6.45) is 2.07.